The van der Waals surface area contributed by atoms with Gasteiger partial charge in [0.15, 0.2) is 0 Å². The summed E-state index contributed by atoms with van der Waals surface area (Å²) in [6, 6.07) is 46.3. The lowest BCUT2D eigenvalue weighted by Gasteiger charge is -2.08. The van der Waals surface area contributed by atoms with Crippen molar-refractivity contribution < 1.29 is 0 Å². The summed E-state index contributed by atoms with van der Waals surface area (Å²) in [6.45, 7) is 0. The van der Waals surface area contributed by atoms with Crippen molar-refractivity contribution >= 4 is 65.0 Å². The Balaban J connectivity index is 1.26. The van der Waals surface area contributed by atoms with Gasteiger partial charge in [0.1, 0.15) is 5.00 Å². The van der Waals surface area contributed by atoms with Gasteiger partial charge in [-0.25, -0.2) is 0 Å². The van der Waals surface area contributed by atoms with E-state index in [0.717, 1.165) is 5.69 Å². The molecule has 0 aliphatic heterocycles. The summed E-state index contributed by atoms with van der Waals surface area (Å²) in [5, 5.41) is 7.59. The highest BCUT2D eigenvalue weighted by Crippen LogP contribution is 2.40. The van der Waals surface area contributed by atoms with Crippen molar-refractivity contribution in [3.8, 4) is 21.8 Å². The highest BCUT2D eigenvalue weighted by molar-refractivity contribution is 7.21. The fraction of sp³-hybridized carbons (Fsp3) is 0. The zero-order valence-electron chi connectivity index (χ0n) is 22.0. The Labute approximate surface area is 240 Å². The standard InChI is InChI=1S/C37H23N3S/c1-6-12-36-26(7-1)23-37(41-36)40-33-11-5-3-9-29(33)31-22-25(14-16-35(31)40)24-13-15-34-30(21-24)28-8-2-4-10-32(28)39(34)27-17-19-38-20-18-27/h1-23H. The molecule has 9 aromatic rings. The van der Waals surface area contributed by atoms with Crippen LogP contribution in [0.25, 0.3) is 75.5 Å². The highest BCUT2D eigenvalue weighted by atomic mass is 32.1. The monoisotopic (exact) mass is 541 g/mol. The number of nitrogens with zero attached hydrogens (tertiary/aromatic N) is 3. The number of fused-ring (bicyclic) bond motifs is 7. The second-order valence-electron chi connectivity index (χ2n) is 10.5. The molecule has 0 aliphatic carbocycles. The van der Waals surface area contributed by atoms with Crippen LogP contribution in [0.4, 0.5) is 0 Å². The first-order chi connectivity index (χ1) is 20.3. The predicted octanol–water partition coefficient (Wildman–Crippen LogP) is 10.2. The number of hydrogen-bond acceptors (Lipinski definition) is 2. The Morgan fingerprint density at radius 2 is 1.02 bits per heavy atom. The fourth-order valence-corrected chi connectivity index (χ4v) is 7.48. The second kappa shape index (κ2) is 8.65. The van der Waals surface area contributed by atoms with E-state index in [2.05, 4.69) is 142 Å². The topological polar surface area (TPSA) is 22.8 Å². The lowest BCUT2D eigenvalue weighted by atomic mass is 10.0. The van der Waals surface area contributed by atoms with Crippen LogP contribution < -0.4 is 0 Å². The molecular weight excluding hydrogens is 518 g/mol. The number of para-hydroxylation sites is 2. The number of hydrogen-bond donors (Lipinski definition) is 0. The third-order valence-corrected chi connectivity index (χ3v) is 9.33. The molecule has 9 rings (SSSR count). The van der Waals surface area contributed by atoms with Crippen molar-refractivity contribution in [2.45, 2.75) is 0 Å². The molecule has 4 heterocycles. The van der Waals surface area contributed by atoms with Gasteiger partial charge < -0.3 is 9.13 Å². The number of thiophene rings is 1. The maximum atomic E-state index is 4.23. The average Bonchev–Trinajstić information content (AvgIpc) is 3.70. The lowest BCUT2D eigenvalue weighted by molar-refractivity contribution is 1.16. The zero-order valence-corrected chi connectivity index (χ0v) is 22.8. The molecule has 0 unspecified atom stereocenters. The van der Waals surface area contributed by atoms with Gasteiger partial charge in [-0.3, -0.25) is 4.98 Å². The van der Waals surface area contributed by atoms with Gasteiger partial charge in [0.2, 0.25) is 0 Å². The molecule has 0 N–H and O–H groups in total. The maximum Gasteiger partial charge on any atom is 0.101 e. The van der Waals surface area contributed by atoms with Crippen LogP contribution in [-0.2, 0) is 0 Å². The quantitative estimate of drug-likeness (QED) is 0.218. The first-order valence-corrected chi connectivity index (χ1v) is 14.6. The Hall–Kier alpha value is -5.19. The summed E-state index contributed by atoms with van der Waals surface area (Å²) in [6.07, 6.45) is 3.71. The van der Waals surface area contributed by atoms with E-state index >= 15 is 0 Å². The number of benzene rings is 5. The van der Waals surface area contributed by atoms with Crippen LogP contribution in [-0.4, -0.2) is 14.1 Å². The Bertz CT molecular complexity index is 2390. The van der Waals surface area contributed by atoms with Crippen LogP contribution in [0.1, 0.15) is 0 Å². The van der Waals surface area contributed by atoms with Crippen LogP contribution in [0.5, 0.6) is 0 Å². The molecule has 0 radical (unpaired) electrons. The molecule has 192 valence electrons. The largest absolute Gasteiger partial charge is 0.309 e. The second-order valence-corrected chi connectivity index (χ2v) is 11.6. The van der Waals surface area contributed by atoms with Gasteiger partial charge in [0.05, 0.1) is 22.1 Å². The van der Waals surface area contributed by atoms with Crippen molar-refractivity contribution in [1.29, 1.82) is 0 Å². The first-order valence-electron chi connectivity index (χ1n) is 13.8. The fourth-order valence-electron chi connectivity index (χ4n) is 6.39. The van der Waals surface area contributed by atoms with E-state index in [0.29, 0.717) is 0 Å². The normalized spacial score (nSPS) is 11.9. The minimum absolute atomic E-state index is 1.12. The van der Waals surface area contributed by atoms with E-state index in [-0.39, 0.29) is 0 Å². The Morgan fingerprint density at radius 3 is 1.71 bits per heavy atom. The minimum atomic E-state index is 1.12. The minimum Gasteiger partial charge on any atom is -0.309 e. The average molecular weight is 542 g/mol. The van der Waals surface area contributed by atoms with Gasteiger partial charge in [-0.1, -0.05) is 66.7 Å². The van der Waals surface area contributed by atoms with Gasteiger partial charge in [0.25, 0.3) is 0 Å². The SMILES string of the molecule is c1ccc2sc(-n3c4ccccc4c4cc(-c5ccc6c(c5)c5ccccc5n6-c5ccncc5)ccc43)cc2c1. The van der Waals surface area contributed by atoms with E-state index in [1.54, 1.807) is 0 Å². The molecule has 4 aromatic heterocycles. The van der Waals surface area contributed by atoms with Crippen LogP contribution in [0.15, 0.2) is 140 Å². The third kappa shape index (κ3) is 3.35. The van der Waals surface area contributed by atoms with Crippen LogP contribution in [0.3, 0.4) is 0 Å². The molecule has 0 atom stereocenters. The smallest absolute Gasteiger partial charge is 0.101 e. The molecule has 3 nitrogen and oxygen atoms in total. The molecule has 0 saturated carbocycles. The number of pyridine rings is 1. The summed E-state index contributed by atoms with van der Waals surface area (Å²) in [7, 11) is 0. The summed E-state index contributed by atoms with van der Waals surface area (Å²) < 4.78 is 6.06. The van der Waals surface area contributed by atoms with Crippen LogP contribution in [0.2, 0.25) is 0 Å². The van der Waals surface area contributed by atoms with Crippen LogP contribution >= 0.6 is 11.3 Å². The van der Waals surface area contributed by atoms with Crippen molar-refractivity contribution in [3.63, 3.8) is 0 Å². The summed E-state index contributed by atoms with van der Waals surface area (Å²) in [5.41, 5.74) is 8.43. The van der Waals surface area contributed by atoms with Gasteiger partial charge in [0, 0.05) is 44.3 Å². The molecule has 41 heavy (non-hydrogen) atoms. The molecule has 0 spiro atoms. The Kier molecular flexibility index (Phi) is 4.77. The molecular formula is C37H23N3S. The molecule has 0 fully saturated rings. The number of aromatic nitrogens is 3. The molecule has 0 bridgehead atoms. The van der Waals surface area contributed by atoms with Crippen molar-refractivity contribution in [3.05, 3.63) is 140 Å². The summed E-state index contributed by atoms with van der Waals surface area (Å²) in [5.74, 6) is 0. The first kappa shape index (κ1) is 22.6. The number of rotatable bonds is 3. The van der Waals surface area contributed by atoms with E-state index in [4.69, 9.17) is 0 Å². The van der Waals surface area contributed by atoms with Gasteiger partial charge >= 0.3 is 0 Å². The molecule has 0 saturated heterocycles. The van der Waals surface area contributed by atoms with Crippen molar-refractivity contribution in [2.24, 2.45) is 0 Å². The van der Waals surface area contributed by atoms with Gasteiger partial charge in [-0.05, 0) is 77.2 Å². The lowest BCUT2D eigenvalue weighted by Crippen LogP contribution is -1.93. The van der Waals surface area contributed by atoms with E-state index in [1.165, 1.54) is 69.8 Å². The van der Waals surface area contributed by atoms with Crippen molar-refractivity contribution in [1.82, 2.24) is 14.1 Å². The zero-order chi connectivity index (χ0) is 26.9. The van der Waals surface area contributed by atoms with Gasteiger partial charge in [-0.15, -0.1) is 11.3 Å². The van der Waals surface area contributed by atoms with Gasteiger partial charge in [-0.2, -0.15) is 0 Å². The molecule has 5 aromatic carbocycles. The maximum absolute atomic E-state index is 4.23. The van der Waals surface area contributed by atoms with Crippen molar-refractivity contribution in [2.75, 3.05) is 0 Å². The summed E-state index contributed by atoms with van der Waals surface area (Å²) >= 11 is 1.84. The van der Waals surface area contributed by atoms with E-state index in [9.17, 15) is 0 Å². The molecule has 0 aliphatic rings. The predicted molar refractivity (Wildman–Crippen MR) is 174 cm³/mol. The molecule has 4 heteroatoms. The summed E-state index contributed by atoms with van der Waals surface area (Å²) in [4.78, 5) is 4.23. The third-order valence-electron chi connectivity index (χ3n) is 8.23. The highest BCUT2D eigenvalue weighted by Gasteiger charge is 2.16. The molecule has 0 amide bonds. The van der Waals surface area contributed by atoms with E-state index < -0.39 is 0 Å². The van der Waals surface area contributed by atoms with E-state index in [1.807, 2.05) is 23.7 Å². The van der Waals surface area contributed by atoms with Crippen LogP contribution in [0, 0.1) is 0 Å². The Morgan fingerprint density at radius 1 is 0.463 bits per heavy atom.